The molecule has 82 valence electrons. The summed E-state index contributed by atoms with van der Waals surface area (Å²) in [7, 11) is 0. The van der Waals surface area contributed by atoms with Crippen LogP contribution in [0, 0.1) is 0 Å². The number of aromatic nitrogens is 2. The molecule has 0 bridgehead atoms. The van der Waals surface area contributed by atoms with E-state index in [1.54, 1.807) is 0 Å². The van der Waals surface area contributed by atoms with Gasteiger partial charge < -0.3 is 9.84 Å². The highest BCUT2D eigenvalue weighted by atomic mass is 16.5. The van der Waals surface area contributed by atoms with Crippen LogP contribution in [0.1, 0.15) is 38.9 Å². The zero-order valence-corrected chi connectivity index (χ0v) is 9.50. The molecule has 2 heterocycles. The molecule has 1 aromatic rings. The molecule has 15 heavy (non-hydrogen) atoms. The first-order valence-electron chi connectivity index (χ1n) is 5.32. The summed E-state index contributed by atoms with van der Waals surface area (Å²) in [6.07, 6.45) is 3.19. The molecule has 0 saturated heterocycles. The van der Waals surface area contributed by atoms with E-state index in [2.05, 4.69) is 42.3 Å². The largest absolute Gasteiger partial charge is 0.334 e. The molecule has 0 saturated carbocycles. The highest BCUT2D eigenvalue weighted by Gasteiger charge is 2.22. The Kier molecular flexibility index (Phi) is 2.61. The van der Waals surface area contributed by atoms with Crippen molar-refractivity contribution in [1.29, 1.82) is 0 Å². The zero-order valence-electron chi connectivity index (χ0n) is 9.50. The standard InChI is InChI=1S/C11H17N3O/c1-11(2,3)10-13-9(15-14-10)8-5-4-6-12-7-8/h5,12H,4,6-7H2,1-3H3. The van der Waals surface area contributed by atoms with Gasteiger partial charge in [-0.3, -0.25) is 0 Å². The minimum absolute atomic E-state index is 0.0512. The Balaban J connectivity index is 2.23. The van der Waals surface area contributed by atoms with Gasteiger partial charge in [-0.2, -0.15) is 4.98 Å². The first kappa shape index (κ1) is 10.4. The smallest absolute Gasteiger partial charge is 0.254 e. The van der Waals surface area contributed by atoms with Gasteiger partial charge in [-0.05, 0) is 13.0 Å². The van der Waals surface area contributed by atoms with Crippen LogP contribution in [0.4, 0.5) is 0 Å². The van der Waals surface area contributed by atoms with Crippen LogP contribution in [0.15, 0.2) is 10.6 Å². The van der Waals surface area contributed by atoms with E-state index in [0.717, 1.165) is 30.9 Å². The lowest BCUT2D eigenvalue weighted by Gasteiger charge is -2.12. The van der Waals surface area contributed by atoms with Crippen LogP contribution in [0.3, 0.4) is 0 Å². The molecule has 4 heteroatoms. The number of nitrogens with one attached hydrogen (secondary N) is 1. The summed E-state index contributed by atoms with van der Waals surface area (Å²) >= 11 is 0. The van der Waals surface area contributed by atoms with Crippen molar-refractivity contribution in [3.05, 3.63) is 17.8 Å². The maximum absolute atomic E-state index is 5.26. The van der Waals surface area contributed by atoms with Crippen LogP contribution >= 0.6 is 0 Å². The van der Waals surface area contributed by atoms with Crippen molar-refractivity contribution in [2.75, 3.05) is 13.1 Å². The fourth-order valence-electron chi connectivity index (χ4n) is 1.47. The van der Waals surface area contributed by atoms with Gasteiger partial charge in [-0.15, -0.1) is 0 Å². The van der Waals surface area contributed by atoms with Gasteiger partial charge in [0.1, 0.15) is 0 Å². The maximum Gasteiger partial charge on any atom is 0.254 e. The Morgan fingerprint density at radius 2 is 2.20 bits per heavy atom. The number of rotatable bonds is 1. The Morgan fingerprint density at radius 3 is 2.73 bits per heavy atom. The molecule has 2 rings (SSSR count). The van der Waals surface area contributed by atoms with E-state index >= 15 is 0 Å². The molecular weight excluding hydrogens is 190 g/mol. The van der Waals surface area contributed by atoms with Gasteiger partial charge >= 0.3 is 0 Å². The molecule has 0 atom stereocenters. The van der Waals surface area contributed by atoms with Gasteiger partial charge in [-0.25, -0.2) is 0 Å². The molecule has 0 radical (unpaired) electrons. The van der Waals surface area contributed by atoms with Crippen LogP contribution in [0.2, 0.25) is 0 Å². The lowest BCUT2D eigenvalue weighted by molar-refractivity contribution is 0.383. The highest BCUT2D eigenvalue weighted by Crippen LogP contribution is 2.21. The second-order valence-electron chi connectivity index (χ2n) is 4.87. The Morgan fingerprint density at radius 1 is 1.40 bits per heavy atom. The fraction of sp³-hybridized carbons (Fsp3) is 0.636. The van der Waals surface area contributed by atoms with E-state index < -0.39 is 0 Å². The van der Waals surface area contributed by atoms with Crippen molar-refractivity contribution in [3.8, 4) is 0 Å². The SMILES string of the molecule is CC(C)(C)c1noc(C2=CCCNC2)n1. The van der Waals surface area contributed by atoms with Crippen molar-refractivity contribution >= 4 is 5.57 Å². The van der Waals surface area contributed by atoms with E-state index in [0.29, 0.717) is 5.89 Å². The molecule has 1 aliphatic rings. The van der Waals surface area contributed by atoms with Crippen LogP contribution < -0.4 is 5.32 Å². The first-order chi connectivity index (χ1) is 7.07. The average molecular weight is 207 g/mol. The predicted octanol–water partition coefficient (Wildman–Crippen LogP) is 1.74. The summed E-state index contributed by atoms with van der Waals surface area (Å²) in [5.74, 6) is 1.43. The highest BCUT2D eigenvalue weighted by molar-refractivity contribution is 5.60. The van der Waals surface area contributed by atoms with E-state index in [4.69, 9.17) is 4.52 Å². The van der Waals surface area contributed by atoms with Gasteiger partial charge in [0.05, 0.1) is 0 Å². The van der Waals surface area contributed by atoms with Crippen molar-refractivity contribution < 1.29 is 4.52 Å². The molecule has 4 nitrogen and oxygen atoms in total. The van der Waals surface area contributed by atoms with E-state index in [9.17, 15) is 0 Å². The van der Waals surface area contributed by atoms with Gasteiger partial charge in [0.25, 0.3) is 5.89 Å². The third-order valence-corrected chi connectivity index (χ3v) is 2.40. The Bertz CT molecular complexity index is 373. The predicted molar refractivity (Wildman–Crippen MR) is 58.5 cm³/mol. The van der Waals surface area contributed by atoms with Crippen molar-refractivity contribution in [1.82, 2.24) is 15.5 Å². The normalized spacial score (nSPS) is 17.7. The number of nitrogens with zero attached hydrogens (tertiary/aromatic N) is 2. The topological polar surface area (TPSA) is 51.0 Å². The third kappa shape index (κ3) is 2.26. The second-order valence-corrected chi connectivity index (χ2v) is 4.87. The molecular formula is C11H17N3O. The molecule has 0 fully saturated rings. The van der Waals surface area contributed by atoms with Crippen LogP contribution in [-0.4, -0.2) is 23.2 Å². The third-order valence-electron chi connectivity index (χ3n) is 2.40. The second kappa shape index (κ2) is 3.77. The summed E-state index contributed by atoms with van der Waals surface area (Å²) in [6, 6.07) is 0. The fourth-order valence-corrected chi connectivity index (χ4v) is 1.47. The summed E-state index contributed by atoms with van der Waals surface area (Å²) in [6.45, 7) is 8.09. The van der Waals surface area contributed by atoms with Crippen molar-refractivity contribution in [3.63, 3.8) is 0 Å². The molecule has 0 unspecified atom stereocenters. The molecule has 1 N–H and O–H groups in total. The quantitative estimate of drug-likeness (QED) is 0.762. The summed E-state index contributed by atoms with van der Waals surface area (Å²) in [5.41, 5.74) is 1.06. The molecule has 0 spiro atoms. The minimum Gasteiger partial charge on any atom is -0.334 e. The van der Waals surface area contributed by atoms with Crippen LogP contribution in [-0.2, 0) is 5.41 Å². The zero-order chi connectivity index (χ0) is 10.9. The van der Waals surface area contributed by atoms with E-state index in [-0.39, 0.29) is 5.41 Å². The molecule has 0 amide bonds. The number of hydrogen-bond acceptors (Lipinski definition) is 4. The van der Waals surface area contributed by atoms with E-state index in [1.807, 2.05) is 0 Å². The molecule has 1 aromatic heterocycles. The maximum atomic E-state index is 5.26. The van der Waals surface area contributed by atoms with Gasteiger partial charge in [0, 0.05) is 17.5 Å². The van der Waals surface area contributed by atoms with Crippen LogP contribution in [0.25, 0.3) is 5.57 Å². The summed E-state index contributed by atoms with van der Waals surface area (Å²) < 4.78 is 5.26. The van der Waals surface area contributed by atoms with Gasteiger partial charge in [-0.1, -0.05) is 32.0 Å². The molecule has 0 aromatic carbocycles. The molecule has 0 aliphatic carbocycles. The average Bonchev–Trinajstić information content (AvgIpc) is 2.67. The number of hydrogen-bond donors (Lipinski definition) is 1. The van der Waals surface area contributed by atoms with Gasteiger partial charge in [0.15, 0.2) is 5.82 Å². The minimum atomic E-state index is -0.0512. The van der Waals surface area contributed by atoms with Crippen LogP contribution in [0.5, 0.6) is 0 Å². The van der Waals surface area contributed by atoms with Gasteiger partial charge in [0.2, 0.25) is 0 Å². The summed E-state index contributed by atoms with van der Waals surface area (Å²) in [5, 5.41) is 7.29. The molecule has 1 aliphatic heterocycles. The van der Waals surface area contributed by atoms with E-state index in [1.165, 1.54) is 0 Å². The summed E-state index contributed by atoms with van der Waals surface area (Å²) in [4.78, 5) is 4.42. The Hall–Kier alpha value is -1.16. The monoisotopic (exact) mass is 207 g/mol. The first-order valence-corrected chi connectivity index (χ1v) is 5.32. The van der Waals surface area contributed by atoms with Crippen molar-refractivity contribution in [2.24, 2.45) is 0 Å². The lowest BCUT2D eigenvalue weighted by Crippen LogP contribution is -2.21. The van der Waals surface area contributed by atoms with Crippen molar-refractivity contribution in [2.45, 2.75) is 32.6 Å². The Labute approximate surface area is 89.8 Å². The lowest BCUT2D eigenvalue weighted by atomic mass is 9.96.